The maximum Gasteiger partial charge on any atom is 0.287 e. The van der Waals surface area contributed by atoms with Crippen molar-refractivity contribution < 1.29 is 27.7 Å². The van der Waals surface area contributed by atoms with E-state index < -0.39 is 39.7 Å². The summed E-state index contributed by atoms with van der Waals surface area (Å²) in [5.74, 6) is -0.737. The highest BCUT2D eigenvalue weighted by atomic mass is 32.2. The van der Waals surface area contributed by atoms with Gasteiger partial charge in [-0.1, -0.05) is 150 Å². The molecule has 7 nitrogen and oxygen atoms in total. The number of amides is 1. The minimum atomic E-state index is -4.42. The van der Waals surface area contributed by atoms with Crippen LogP contribution in [0.4, 0.5) is 0 Å². The number of nitrogens with one attached hydrogen (secondary N) is 1. The van der Waals surface area contributed by atoms with Crippen LogP contribution in [0.2, 0.25) is 0 Å². The largest absolute Gasteiger partial charge is 0.391 e. The Morgan fingerprint density at radius 1 is 0.585 bits per heavy atom. The minimum absolute atomic E-state index is 0.104. The van der Waals surface area contributed by atoms with Gasteiger partial charge in [0, 0.05) is 6.42 Å². The third-order valence-corrected chi connectivity index (χ3v) is 8.67. The Morgan fingerprint density at radius 3 is 1.29 bits per heavy atom. The van der Waals surface area contributed by atoms with Crippen LogP contribution in [-0.2, 0) is 19.7 Å². The number of ketones is 1. The molecular formula is C33H65NO6S. The highest BCUT2D eigenvalue weighted by Gasteiger charge is 2.28. The van der Waals surface area contributed by atoms with E-state index in [2.05, 4.69) is 33.0 Å². The van der Waals surface area contributed by atoms with Crippen molar-refractivity contribution in [3.05, 3.63) is 0 Å². The maximum absolute atomic E-state index is 12.4. The fourth-order valence-corrected chi connectivity index (χ4v) is 6.02. The zero-order valence-corrected chi connectivity index (χ0v) is 27.8. The van der Waals surface area contributed by atoms with Crippen LogP contribution in [0.3, 0.4) is 0 Å². The quantitative estimate of drug-likeness (QED) is 0.0450. The van der Waals surface area contributed by atoms with E-state index in [0.717, 1.165) is 50.4 Å². The molecule has 0 aromatic heterocycles. The van der Waals surface area contributed by atoms with Gasteiger partial charge in [-0.2, -0.15) is 8.42 Å². The van der Waals surface area contributed by atoms with E-state index >= 15 is 0 Å². The number of aliphatic hydroxyl groups excluding tert-OH is 1. The summed E-state index contributed by atoms with van der Waals surface area (Å²) in [6, 6.07) is -1.20. The number of carbonyl (C=O) groups is 2. The highest BCUT2D eigenvalue weighted by Crippen LogP contribution is 2.16. The third kappa shape index (κ3) is 27.6. The van der Waals surface area contributed by atoms with E-state index in [1.807, 2.05) is 0 Å². The lowest BCUT2D eigenvalue weighted by molar-refractivity contribution is -0.138. The second kappa shape index (κ2) is 25.5. The summed E-state index contributed by atoms with van der Waals surface area (Å²) < 4.78 is 32.3. The lowest BCUT2D eigenvalue weighted by Gasteiger charge is -2.23. The Labute approximate surface area is 253 Å². The fourth-order valence-electron chi connectivity index (χ4n) is 5.26. The summed E-state index contributed by atoms with van der Waals surface area (Å²) >= 11 is 0. The first-order valence-corrected chi connectivity index (χ1v) is 18.5. The van der Waals surface area contributed by atoms with Gasteiger partial charge in [0.2, 0.25) is 5.78 Å². The second-order valence-electron chi connectivity index (χ2n) is 13.1. The number of hydrogen-bond acceptors (Lipinski definition) is 5. The smallest absolute Gasteiger partial charge is 0.287 e. The van der Waals surface area contributed by atoms with Crippen molar-refractivity contribution in [1.29, 1.82) is 0 Å². The van der Waals surface area contributed by atoms with E-state index in [1.54, 1.807) is 0 Å². The molecule has 8 heteroatoms. The van der Waals surface area contributed by atoms with Crippen molar-refractivity contribution in [3.8, 4) is 0 Å². The summed E-state index contributed by atoms with van der Waals surface area (Å²) in [6.07, 6.45) is 22.0. The summed E-state index contributed by atoms with van der Waals surface area (Å²) in [5.41, 5.74) is 0. The molecule has 0 saturated carbocycles. The van der Waals surface area contributed by atoms with E-state index in [1.165, 1.54) is 77.0 Å². The molecule has 0 heterocycles. The van der Waals surface area contributed by atoms with Gasteiger partial charge in [-0.3, -0.25) is 14.1 Å². The Kier molecular flexibility index (Phi) is 24.9. The molecule has 0 saturated heterocycles. The van der Waals surface area contributed by atoms with Crippen molar-refractivity contribution >= 4 is 21.8 Å². The molecule has 1 amide bonds. The van der Waals surface area contributed by atoms with E-state index in [0.29, 0.717) is 19.3 Å². The number of rotatable bonds is 29. The third-order valence-electron chi connectivity index (χ3n) is 7.89. The summed E-state index contributed by atoms with van der Waals surface area (Å²) in [5, 5.41) is 12.9. The van der Waals surface area contributed by atoms with Crippen LogP contribution in [0.25, 0.3) is 0 Å². The van der Waals surface area contributed by atoms with Crippen molar-refractivity contribution in [3.63, 3.8) is 0 Å². The second-order valence-corrected chi connectivity index (χ2v) is 14.6. The average molecular weight is 604 g/mol. The number of unbranched alkanes of at least 4 members (excludes halogenated alkanes) is 16. The van der Waals surface area contributed by atoms with Crippen LogP contribution in [0.1, 0.15) is 169 Å². The van der Waals surface area contributed by atoms with Crippen LogP contribution in [0, 0.1) is 11.8 Å². The molecule has 0 unspecified atom stereocenters. The highest BCUT2D eigenvalue weighted by molar-refractivity contribution is 7.85. The van der Waals surface area contributed by atoms with Gasteiger partial charge in [0.25, 0.3) is 16.0 Å². The summed E-state index contributed by atoms with van der Waals surface area (Å²) in [7, 11) is -4.42. The predicted molar refractivity (Wildman–Crippen MR) is 171 cm³/mol. The van der Waals surface area contributed by atoms with Crippen molar-refractivity contribution in [1.82, 2.24) is 5.32 Å². The van der Waals surface area contributed by atoms with Crippen LogP contribution in [-0.4, -0.2) is 47.7 Å². The number of aliphatic hydroxyl groups is 1. The van der Waals surface area contributed by atoms with Crippen LogP contribution in [0.15, 0.2) is 0 Å². The Bertz CT molecular complexity index is 753. The molecular weight excluding hydrogens is 538 g/mol. The topological polar surface area (TPSA) is 121 Å². The summed E-state index contributed by atoms with van der Waals surface area (Å²) in [6.45, 7) is 9.04. The van der Waals surface area contributed by atoms with Gasteiger partial charge < -0.3 is 10.4 Å². The molecule has 2 atom stereocenters. The molecule has 0 aliphatic heterocycles. The van der Waals surface area contributed by atoms with Crippen molar-refractivity contribution in [2.45, 2.75) is 181 Å². The molecule has 41 heavy (non-hydrogen) atoms. The first-order chi connectivity index (χ1) is 19.4. The molecule has 0 aromatic rings. The van der Waals surface area contributed by atoms with Gasteiger partial charge in [-0.15, -0.1) is 0 Å². The minimum Gasteiger partial charge on any atom is -0.391 e. The molecule has 0 fully saturated rings. The van der Waals surface area contributed by atoms with Gasteiger partial charge in [0.1, 0.15) is 0 Å². The lowest BCUT2D eigenvalue weighted by atomic mass is 10.0. The number of hydrogen-bond donors (Lipinski definition) is 3. The van der Waals surface area contributed by atoms with Crippen LogP contribution in [0.5, 0.6) is 0 Å². The monoisotopic (exact) mass is 603 g/mol. The first-order valence-electron chi connectivity index (χ1n) is 16.9. The number of Topliss-reactive ketones (excluding diaryl/α,β-unsaturated/α-hetero) is 1. The van der Waals surface area contributed by atoms with E-state index in [9.17, 15) is 27.7 Å². The lowest BCUT2D eigenvalue weighted by Crippen LogP contribution is -2.49. The predicted octanol–water partition coefficient (Wildman–Crippen LogP) is 8.18. The van der Waals surface area contributed by atoms with Gasteiger partial charge in [-0.05, 0) is 24.7 Å². The molecule has 0 radical (unpaired) electrons. The molecule has 0 spiro atoms. The number of carbonyl (C=O) groups excluding carboxylic acids is 2. The fraction of sp³-hybridized carbons (Fsp3) is 0.939. The molecule has 0 aliphatic carbocycles. The molecule has 0 aliphatic rings. The van der Waals surface area contributed by atoms with Crippen LogP contribution < -0.4 is 5.32 Å². The molecule has 0 bridgehead atoms. The zero-order valence-electron chi connectivity index (χ0n) is 27.0. The zero-order chi connectivity index (χ0) is 30.9. The van der Waals surface area contributed by atoms with Gasteiger partial charge >= 0.3 is 0 Å². The van der Waals surface area contributed by atoms with Crippen molar-refractivity contribution in [2.75, 3.05) is 5.75 Å². The first kappa shape index (κ1) is 40.0. The molecule has 0 rings (SSSR count). The Hall–Kier alpha value is -0.990. The summed E-state index contributed by atoms with van der Waals surface area (Å²) in [4.78, 5) is 24.7. The Balaban J connectivity index is 4.12. The van der Waals surface area contributed by atoms with Crippen LogP contribution >= 0.6 is 0 Å². The molecule has 3 N–H and O–H groups in total. The standard InChI is InChI=1S/C33H65NO6S/c1-28(2)23-19-15-11-7-5-6-8-13-17-21-25-31(35)30(27-41(38,39)40)34-33(37)32(36)26-22-18-14-10-9-12-16-20-24-29(3)4/h28-31,35H,5-27H2,1-4H3,(H,34,37)(H,38,39,40)/t30-,31+/m0/s1. The van der Waals surface area contributed by atoms with Crippen molar-refractivity contribution in [2.24, 2.45) is 11.8 Å². The SMILES string of the molecule is CC(C)CCCCCCCCCCCC[C@@H](O)[C@H](CS(=O)(=O)O)NC(=O)C(=O)CCCCCCCCCCC(C)C. The average Bonchev–Trinajstić information content (AvgIpc) is 2.88. The van der Waals surface area contributed by atoms with Gasteiger partial charge in [0.15, 0.2) is 0 Å². The van der Waals surface area contributed by atoms with Gasteiger partial charge in [-0.25, -0.2) is 0 Å². The maximum atomic E-state index is 12.4. The Morgan fingerprint density at radius 2 is 0.927 bits per heavy atom. The van der Waals surface area contributed by atoms with Gasteiger partial charge in [0.05, 0.1) is 17.9 Å². The molecule has 244 valence electrons. The van der Waals surface area contributed by atoms with E-state index in [-0.39, 0.29) is 6.42 Å². The normalized spacial score (nSPS) is 13.6. The molecule has 0 aromatic carbocycles. The van der Waals surface area contributed by atoms with E-state index in [4.69, 9.17) is 0 Å².